The fraction of sp³-hybridized carbons (Fsp3) is 0.167. The number of rotatable bonds is 10. The number of para-hydroxylation sites is 1. The van der Waals surface area contributed by atoms with E-state index in [2.05, 4.69) is 5.32 Å². The van der Waals surface area contributed by atoms with E-state index < -0.39 is 15.9 Å². The zero-order chi connectivity index (χ0) is 27.1. The van der Waals surface area contributed by atoms with Crippen LogP contribution in [0.3, 0.4) is 0 Å². The Hall–Kier alpha value is -4.30. The number of methoxy groups -OCH3 is 1. The lowest BCUT2D eigenvalue weighted by Crippen LogP contribution is -2.32. The Morgan fingerprint density at radius 1 is 0.816 bits per heavy atom. The van der Waals surface area contributed by atoms with Crippen molar-refractivity contribution >= 4 is 27.3 Å². The predicted molar refractivity (Wildman–Crippen MR) is 149 cm³/mol. The molecule has 4 aromatic carbocycles. The van der Waals surface area contributed by atoms with Crippen molar-refractivity contribution < 1.29 is 22.7 Å². The molecule has 0 saturated carbocycles. The molecule has 8 heteroatoms. The predicted octanol–water partition coefficient (Wildman–Crippen LogP) is 6.13. The van der Waals surface area contributed by atoms with Crippen LogP contribution in [0.25, 0.3) is 0 Å². The van der Waals surface area contributed by atoms with Gasteiger partial charge in [0.2, 0.25) is 0 Å². The molecule has 0 unspecified atom stereocenters. The molecule has 0 aliphatic rings. The number of ether oxygens (including phenoxy) is 2. The lowest BCUT2D eigenvalue weighted by atomic mass is 10.1. The van der Waals surface area contributed by atoms with Gasteiger partial charge in [0.25, 0.3) is 15.9 Å². The molecule has 0 bridgehead atoms. The smallest absolute Gasteiger partial charge is 0.264 e. The molecule has 0 fully saturated rings. The zero-order valence-electron chi connectivity index (χ0n) is 21.5. The molecule has 0 radical (unpaired) electrons. The molecular formula is C30H30N2O5S. The van der Waals surface area contributed by atoms with Crippen LogP contribution in [-0.4, -0.2) is 27.5 Å². The first-order valence-electron chi connectivity index (χ1n) is 12.2. The van der Waals surface area contributed by atoms with E-state index in [4.69, 9.17) is 9.47 Å². The van der Waals surface area contributed by atoms with Gasteiger partial charge in [-0.1, -0.05) is 42.5 Å². The Morgan fingerprint density at radius 3 is 2.05 bits per heavy atom. The Balaban J connectivity index is 1.71. The van der Waals surface area contributed by atoms with E-state index in [1.54, 1.807) is 60.7 Å². The molecule has 1 amide bonds. The molecule has 0 aliphatic carbocycles. The van der Waals surface area contributed by atoms with Gasteiger partial charge in [0.1, 0.15) is 11.5 Å². The number of carbonyl (C=O) groups is 1. The van der Waals surface area contributed by atoms with E-state index in [1.165, 1.54) is 23.5 Å². The van der Waals surface area contributed by atoms with Gasteiger partial charge in [0, 0.05) is 5.69 Å². The number of nitrogens with one attached hydrogen (secondary N) is 1. The van der Waals surface area contributed by atoms with Crippen molar-refractivity contribution in [2.75, 3.05) is 16.7 Å². The van der Waals surface area contributed by atoms with Crippen molar-refractivity contribution in [3.63, 3.8) is 0 Å². The van der Waals surface area contributed by atoms with Crippen LogP contribution in [-0.2, 0) is 16.6 Å². The average molecular weight is 531 g/mol. The van der Waals surface area contributed by atoms with Crippen LogP contribution in [0.1, 0.15) is 29.8 Å². The fourth-order valence-electron chi connectivity index (χ4n) is 3.89. The Labute approximate surface area is 223 Å². The number of benzene rings is 4. The number of hydrogen-bond donors (Lipinski definition) is 1. The minimum absolute atomic E-state index is 0.0329. The number of sulfonamides is 1. The number of hydrogen-bond acceptors (Lipinski definition) is 5. The second-order valence-corrected chi connectivity index (χ2v) is 10.7. The fourth-order valence-corrected chi connectivity index (χ4v) is 5.37. The molecule has 7 nitrogen and oxygen atoms in total. The van der Waals surface area contributed by atoms with Gasteiger partial charge in [-0.15, -0.1) is 0 Å². The number of amides is 1. The van der Waals surface area contributed by atoms with Crippen LogP contribution >= 0.6 is 0 Å². The Bertz CT molecular complexity index is 1470. The van der Waals surface area contributed by atoms with Crippen molar-refractivity contribution in [3.05, 3.63) is 114 Å². The topological polar surface area (TPSA) is 84.9 Å². The standard InChI is InChI=1S/C30H30N2O5S/c1-22(2)37-26-15-13-24(14-16-26)31-30(33)28-11-7-8-12-29(28)32(21-23-9-5-4-6-10-23)38(34,35)27-19-17-25(36-3)18-20-27/h4-20,22H,21H2,1-3H3,(H,31,33). The zero-order valence-corrected chi connectivity index (χ0v) is 22.3. The second kappa shape index (κ2) is 11.8. The van der Waals surface area contributed by atoms with E-state index in [-0.39, 0.29) is 28.8 Å². The monoisotopic (exact) mass is 530 g/mol. The summed E-state index contributed by atoms with van der Waals surface area (Å²) in [5.74, 6) is 0.808. The van der Waals surface area contributed by atoms with E-state index in [0.29, 0.717) is 17.2 Å². The van der Waals surface area contributed by atoms with E-state index in [0.717, 1.165) is 5.56 Å². The summed E-state index contributed by atoms with van der Waals surface area (Å²) in [5, 5.41) is 2.87. The molecule has 196 valence electrons. The SMILES string of the molecule is COc1ccc(S(=O)(=O)N(Cc2ccccc2)c2ccccc2C(=O)Nc2ccc(OC(C)C)cc2)cc1. The van der Waals surface area contributed by atoms with Crippen molar-refractivity contribution in [2.24, 2.45) is 0 Å². The maximum atomic E-state index is 13.9. The van der Waals surface area contributed by atoms with Gasteiger partial charge < -0.3 is 14.8 Å². The molecule has 38 heavy (non-hydrogen) atoms. The first-order valence-corrected chi connectivity index (χ1v) is 13.6. The maximum absolute atomic E-state index is 13.9. The molecule has 0 atom stereocenters. The highest BCUT2D eigenvalue weighted by molar-refractivity contribution is 7.92. The summed E-state index contributed by atoms with van der Waals surface area (Å²) >= 11 is 0. The van der Waals surface area contributed by atoms with Gasteiger partial charge in [-0.05, 0) is 80.1 Å². The Kier molecular flexibility index (Phi) is 8.33. The largest absolute Gasteiger partial charge is 0.497 e. The highest BCUT2D eigenvalue weighted by atomic mass is 32.2. The van der Waals surface area contributed by atoms with Gasteiger partial charge in [0.15, 0.2) is 0 Å². The van der Waals surface area contributed by atoms with Gasteiger partial charge in [0.05, 0.1) is 35.9 Å². The first kappa shape index (κ1) is 26.8. The molecule has 0 heterocycles. The van der Waals surface area contributed by atoms with Gasteiger partial charge in [-0.25, -0.2) is 8.42 Å². The Morgan fingerprint density at radius 2 is 1.42 bits per heavy atom. The average Bonchev–Trinajstić information content (AvgIpc) is 2.93. The molecule has 0 aliphatic heterocycles. The van der Waals surface area contributed by atoms with E-state index in [1.807, 2.05) is 44.2 Å². The van der Waals surface area contributed by atoms with Crippen LogP contribution in [0.4, 0.5) is 11.4 Å². The van der Waals surface area contributed by atoms with Crippen LogP contribution < -0.4 is 19.1 Å². The molecular weight excluding hydrogens is 500 g/mol. The lowest BCUT2D eigenvalue weighted by molar-refractivity contribution is 0.102. The summed E-state index contributed by atoms with van der Waals surface area (Å²) in [7, 11) is -2.52. The minimum Gasteiger partial charge on any atom is -0.497 e. The van der Waals surface area contributed by atoms with E-state index >= 15 is 0 Å². The highest BCUT2D eigenvalue weighted by Crippen LogP contribution is 2.31. The molecule has 0 aromatic heterocycles. The molecule has 4 aromatic rings. The summed E-state index contributed by atoms with van der Waals surface area (Å²) in [6, 6.07) is 29.1. The third-order valence-electron chi connectivity index (χ3n) is 5.72. The third kappa shape index (κ3) is 6.33. The van der Waals surface area contributed by atoms with Crippen molar-refractivity contribution in [2.45, 2.75) is 31.4 Å². The molecule has 4 rings (SSSR count). The quantitative estimate of drug-likeness (QED) is 0.267. The van der Waals surface area contributed by atoms with Crippen LogP contribution in [0.15, 0.2) is 108 Å². The van der Waals surface area contributed by atoms with Crippen molar-refractivity contribution in [3.8, 4) is 11.5 Å². The minimum atomic E-state index is -4.04. The van der Waals surface area contributed by atoms with Gasteiger partial charge in [-0.3, -0.25) is 9.10 Å². The van der Waals surface area contributed by atoms with Crippen molar-refractivity contribution in [1.82, 2.24) is 0 Å². The lowest BCUT2D eigenvalue weighted by Gasteiger charge is -2.26. The van der Waals surface area contributed by atoms with Crippen LogP contribution in [0.5, 0.6) is 11.5 Å². The molecule has 0 spiro atoms. The summed E-state index contributed by atoms with van der Waals surface area (Å²) < 4.78 is 40.0. The summed E-state index contributed by atoms with van der Waals surface area (Å²) in [5.41, 5.74) is 1.83. The molecule has 0 saturated heterocycles. The summed E-state index contributed by atoms with van der Waals surface area (Å²) in [4.78, 5) is 13.5. The van der Waals surface area contributed by atoms with E-state index in [9.17, 15) is 13.2 Å². The van der Waals surface area contributed by atoms with Gasteiger partial charge in [-0.2, -0.15) is 0 Å². The first-order chi connectivity index (χ1) is 18.3. The second-order valence-electron chi connectivity index (χ2n) is 8.84. The van der Waals surface area contributed by atoms with Crippen LogP contribution in [0, 0.1) is 0 Å². The number of nitrogens with zero attached hydrogens (tertiary/aromatic N) is 1. The third-order valence-corrected chi connectivity index (χ3v) is 7.49. The highest BCUT2D eigenvalue weighted by Gasteiger charge is 2.28. The maximum Gasteiger partial charge on any atom is 0.264 e. The van der Waals surface area contributed by atoms with Crippen molar-refractivity contribution in [1.29, 1.82) is 0 Å². The van der Waals surface area contributed by atoms with Gasteiger partial charge >= 0.3 is 0 Å². The molecule has 1 N–H and O–H groups in total. The number of anilines is 2. The normalized spacial score (nSPS) is 11.2. The number of carbonyl (C=O) groups excluding carboxylic acids is 1. The van der Waals surface area contributed by atoms with Crippen LogP contribution in [0.2, 0.25) is 0 Å². The summed E-state index contributed by atoms with van der Waals surface area (Å²) in [6.45, 7) is 3.92. The summed E-state index contributed by atoms with van der Waals surface area (Å²) in [6.07, 6.45) is 0.0329.